The number of anilines is 1. The number of nitrogen functional groups attached to an aromatic ring is 1. The van der Waals surface area contributed by atoms with Gasteiger partial charge in [-0.1, -0.05) is 0 Å². The summed E-state index contributed by atoms with van der Waals surface area (Å²) < 4.78 is 39.8. The smallest absolute Gasteiger partial charge is 0.398 e. The zero-order valence-corrected chi connectivity index (χ0v) is 8.58. The Morgan fingerprint density at radius 1 is 1.47 bits per heavy atom. The molecule has 1 rings (SSSR count). The van der Waals surface area contributed by atoms with Crippen LogP contribution in [-0.2, 0) is 13.0 Å². The van der Waals surface area contributed by atoms with Gasteiger partial charge < -0.3 is 16.2 Å². The third-order valence-corrected chi connectivity index (χ3v) is 1.95. The summed E-state index contributed by atoms with van der Waals surface area (Å²) in [5, 5.41) is 8.49. The van der Waals surface area contributed by atoms with Gasteiger partial charge in [0.15, 0.2) is 0 Å². The highest BCUT2D eigenvalue weighted by Crippen LogP contribution is 2.29. The molecular weight excluding hydrogens is 237 g/mol. The maximum Gasteiger partial charge on any atom is 0.574 e. The van der Waals surface area contributed by atoms with Gasteiger partial charge in [0.2, 0.25) is 5.88 Å². The second-order valence-electron chi connectivity index (χ2n) is 3.07. The number of alkyl halides is 3. The molecule has 0 saturated heterocycles. The number of ether oxygens (including phenoxy) is 1. The summed E-state index contributed by atoms with van der Waals surface area (Å²) in [5.41, 5.74) is 11.1. The molecule has 4 N–H and O–H groups in total. The lowest BCUT2D eigenvalue weighted by molar-refractivity contribution is -0.276. The van der Waals surface area contributed by atoms with Gasteiger partial charge in [-0.2, -0.15) is 5.26 Å². The quantitative estimate of drug-likeness (QED) is 0.831. The summed E-state index contributed by atoms with van der Waals surface area (Å²) in [6.45, 7) is -0.260. The molecule has 0 fully saturated rings. The number of hydrogen-bond donors (Lipinski definition) is 2. The second kappa shape index (κ2) is 4.88. The standard InChI is InChI=1S/C9H9F3N4O/c10-9(11,12)17-8-6(3-14)7(15)5(1-2-13)4-16-8/h4H,1,3,14H2,(H2,15,16). The SMILES string of the molecule is N#CCc1cnc(OC(F)(F)F)c(CN)c1N. The maximum absolute atomic E-state index is 12.0. The molecule has 0 bridgehead atoms. The number of nitrogens with zero attached hydrogens (tertiary/aromatic N) is 2. The van der Waals surface area contributed by atoms with Gasteiger partial charge in [0.1, 0.15) is 0 Å². The average Bonchev–Trinajstić information content (AvgIpc) is 2.21. The molecule has 5 nitrogen and oxygen atoms in total. The van der Waals surface area contributed by atoms with E-state index in [1.807, 2.05) is 6.07 Å². The Morgan fingerprint density at radius 3 is 2.59 bits per heavy atom. The normalized spacial score (nSPS) is 11.0. The van der Waals surface area contributed by atoms with Crippen LogP contribution in [-0.4, -0.2) is 11.3 Å². The molecule has 0 spiro atoms. The molecule has 0 amide bonds. The molecule has 0 aliphatic rings. The topological polar surface area (TPSA) is 97.9 Å². The fraction of sp³-hybridized carbons (Fsp3) is 0.333. The van der Waals surface area contributed by atoms with Crippen LogP contribution in [0.4, 0.5) is 18.9 Å². The number of halogens is 3. The minimum atomic E-state index is -4.86. The first-order valence-electron chi connectivity index (χ1n) is 4.48. The van der Waals surface area contributed by atoms with Gasteiger partial charge in [-0.3, -0.25) is 0 Å². The number of rotatable bonds is 3. The van der Waals surface area contributed by atoms with Crippen molar-refractivity contribution in [2.24, 2.45) is 5.73 Å². The molecule has 0 unspecified atom stereocenters. The van der Waals surface area contributed by atoms with Crippen LogP contribution in [0.3, 0.4) is 0 Å². The van der Waals surface area contributed by atoms with E-state index < -0.39 is 12.2 Å². The van der Waals surface area contributed by atoms with E-state index in [2.05, 4.69) is 9.72 Å². The summed E-state index contributed by atoms with van der Waals surface area (Å²) in [6, 6.07) is 1.82. The van der Waals surface area contributed by atoms with Crippen molar-refractivity contribution in [3.8, 4) is 11.9 Å². The Labute approximate surface area is 94.8 Å². The lowest BCUT2D eigenvalue weighted by atomic mass is 10.1. The Balaban J connectivity index is 3.17. The largest absolute Gasteiger partial charge is 0.574 e. The molecule has 1 aromatic heterocycles. The number of nitriles is 1. The zero-order chi connectivity index (χ0) is 13.1. The molecule has 0 aliphatic carbocycles. The van der Waals surface area contributed by atoms with Crippen LogP contribution in [0.2, 0.25) is 0 Å². The van der Waals surface area contributed by atoms with Crippen molar-refractivity contribution in [2.45, 2.75) is 19.3 Å². The zero-order valence-electron chi connectivity index (χ0n) is 8.58. The third-order valence-electron chi connectivity index (χ3n) is 1.95. The van der Waals surface area contributed by atoms with Crippen LogP contribution in [0, 0.1) is 11.3 Å². The molecule has 0 aromatic carbocycles. The fourth-order valence-electron chi connectivity index (χ4n) is 1.21. The Kier molecular flexibility index (Phi) is 3.75. The van der Waals surface area contributed by atoms with Gasteiger partial charge >= 0.3 is 6.36 Å². The van der Waals surface area contributed by atoms with Gasteiger partial charge in [-0.25, -0.2) is 4.98 Å². The van der Waals surface area contributed by atoms with E-state index in [-0.39, 0.29) is 24.2 Å². The lowest BCUT2D eigenvalue weighted by Gasteiger charge is -2.14. The minimum Gasteiger partial charge on any atom is -0.398 e. The van der Waals surface area contributed by atoms with Gasteiger partial charge in [-0.15, -0.1) is 13.2 Å². The number of hydrogen-bond acceptors (Lipinski definition) is 5. The molecule has 0 atom stereocenters. The van der Waals surface area contributed by atoms with E-state index in [1.54, 1.807) is 0 Å². The molecular formula is C9H9F3N4O. The van der Waals surface area contributed by atoms with Crippen LogP contribution in [0.15, 0.2) is 6.20 Å². The Morgan fingerprint density at radius 2 is 2.12 bits per heavy atom. The van der Waals surface area contributed by atoms with Crippen molar-refractivity contribution < 1.29 is 17.9 Å². The summed E-state index contributed by atoms with van der Waals surface area (Å²) in [6.07, 6.45) is -3.85. The summed E-state index contributed by atoms with van der Waals surface area (Å²) >= 11 is 0. The predicted octanol–water partition coefficient (Wildman–Crippen LogP) is 1.09. The second-order valence-corrected chi connectivity index (χ2v) is 3.07. The van der Waals surface area contributed by atoms with E-state index in [4.69, 9.17) is 16.7 Å². The van der Waals surface area contributed by atoms with Crippen molar-refractivity contribution in [2.75, 3.05) is 5.73 Å². The number of pyridine rings is 1. The molecule has 1 heterocycles. The fourth-order valence-corrected chi connectivity index (χ4v) is 1.21. The first-order chi connectivity index (χ1) is 7.89. The van der Waals surface area contributed by atoms with E-state index in [0.717, 1.165) is 6.20 Å². The molecule has 92 valence electrons. The van der Waals surface area contributed by atoms with Crippen LogP contribution in [0.5, 0.6) is 5.88 Å². The molecule has 8 heteroatoms. The van der Waals surface area contributed by atoms with Gasteiger partial charge in [0.25, 0.3) is 0 Å². The van der Waals surface area contributed by atoms with Crippen LogP contribution < -0.4 is 16.2 Å². The van der Waals surface area contributed by atoms with E-state index >= 15 is 0 Å². The van der Waals surface area contributed by atoms with Crippen molar-refractivity contribution in [3.05, 3.63) is 17.3 Å². The predicted molar refractivity (Wildman–Crippen MR) is 52.5 cm³/mol. The molecule has 0 aliphatic heterocycles. The summed E-state index contributed by atoms with van der Waals surface area (Å²) in [5.74, 6) is -0.681. The summed E-state index contributed by atoms with van der Waals surface area (Å²) in [7, 11) is 0. The van der Waals surface area contributed by atoms with Gasteiger partial charge in [-0.05, 0) is 0 Å². The summed E-state index contributed by atoms with van der Waals surface area (Å²) in [4.78, 5) is 3.46. The Bertz CT molecular complexity index is 453. The van der Waals surface area contributed by atoms with Crippen molar-refractivity contribution in [1.29, 1.82) is 5.26 Å². The van der Waals surface area contributed by atoms with Gasteiger partial charge in [0, 0.05) is 24.0 Å². The number of nitrogens with two attached hydrogens (primary N) is 2. The van der Waals surface area contributed by atoms with Gasteiger partial charge in [0.05, 0.1) is 18.1 Å². The van der Waals surface area contributed by atoms with Crippen molar-refractivity contribution in [1.82, 2.24) is 4.98 Å². The third kappa shape index (κ3) is 3.22. The average molecular weight is 246 g/mol. The van der Waals surface area contributed by atoms with E-state index in [9.17, 15) is 13.2 Å². The molecule has 0 radical (unpaired) electrons. The maximum atomic E-state index is 12.0. The minimum absolute atomic E-state index is 0.00306. The Hall–Kier alpha value is -2.01. The highest BCUT2D eigenvalue weighted by molar-refractivity contribution is 5.57. The van der Waals surface area contributed by atoms with Crippen molar-refractivity contribution >= 4 is 5.69 Å². The van der Waals surface area contributed by atoms with Crippen molar-refractivity contribution in [3.63, 3.8) is 0 Å². The molecule has 1 aromatic rings. The first-order valence-corrected chi connectivity index (χ1v) is 4.48. The monoisotopic (exact) mass is 246 g/mol. The van der Waals surface area contributed by atoms with Crippen LogP contribution in [0.25, 0.3) is 0 Å². The highest BCUT2D eigenvalue weighted by atomic mass is 19.4. The highest BCUT2D eigenvalue weighted by Gasteiger charge is 2.33. The lowest BCUT2D eigenvalue weighted by Crippen LogP contribution is -2.20. The van der Waals surface area contributed by atoms with Crippen LogP contribution in [0.1, 0.15) is 11.1 Å². The van der Waals surface area contributed by atoms with Crippen LogP contribution >= 0.6 is 0 Å². The van der Waals surface area contributed by atoms with E-state index in [1.165, 1.54) is 0 Å². The number of aromatic nitrogens is 1. The first kappa shape index (κ1) is 13.1. The molecule has 0 saturated carbocycles. The molecule has 17 heavy (non-hydrogen) atoms. The van der Waals surface area contributed by atoms with E-state index in [0.29, 0.717) is 5.56 Å².